The van der Waals surface area contributed by atoms with Crippen LogP contribution in [0.15, 0.2) is 34.3 Å². The van der Waals surface area contributed by atoms with Gasteiger partial charge < -0.3 is 15.9 Å². The topological polar surface area (TPSA) is 111 Å². The second-order valence-electron chi connectivity index (χ2n) is 5.63. The Morgan fingerprint density at radius 1 is 1.30 bits per heavy atom. The van der Waals surface area contributed by atoms with E-state index in [-0.39, 0.29) is 11.5 Å². The fourth-order valence-corrected chi connectivity index (χ4v) is 2.27. The van der Waals surface area contributed by atoms with Crippen molar-refractivity contribution < 1.29 is 18.0 Å². The van der Waals surface area contributed by atoms with Crippen LogP contribution in [0, 0.1) is 5.92 Å². The van der Waals surface area contributed by atoms with E-state index in [1.807, 2.05) is 0 Å². The summed E-state index contributed by atoms with van der Waals surface area (Å²) < 4.78 is 22.7. The molecule has 0 unspecified atom stereocenters. The smallest absolute Gasteiger partial charge is 0.265 e. The molecule has 1 amide bonds. The van der Waals surface area contributed by atoms with Crippen LogP contribution in [0.5, 0.6) is 0 Å². The van der Waals surface area contributed by atoms with Crippen molar-refractivity contribution >= 4 is 27.3 Å². The molecule has 0 spiro atoms. The molecule has 0 heterocycles. The van der Waals surface area contributed by atoms with Crippen molar-refractivity contribution in [1.29, 1.82) is 0 Å². The van der Waals surface area contributed by atoms with E-state index in [0.717, 1.165) is 12.7 Å². The number of amidine groups is 1. The molecule has 0 saturated carbocycles. The third-order valence-corrected chi connectivity index (χ3v) is 4.05. The molecule has 0 aromatic heterocycles. The number of oxime groups is 1. The highest BCUT2D eigenvalue weighted by Crippen LogP contribution is 2.13. The lowest BCUT2D eigenvalue weighted by Crippen LogP contribution is -2.19. The van der Waals surface area contributed by atoms with Gasteiger partial charge in [0.15, 0.2) is 16.4 Å². The number of rotatable bonds is 8. The molecule has 1 aromatic rings. The van der Waals surface area contributed by atoms with Gasteiger partial charge in [0.25, 0.3) is 5.91 Å². The highest BCUT2D eigenvalue weighted by molar-refractivity contribution is 7.90. The zero-order valence-electron chi connectivity index (χ0n) is 13.6. The number of hydrogen-bond acceptors (Lipinski definition) is 5. The standard InChI is InChI=1S/C15H23N3O4S/c1-11(2)4-9-14(16)18-22-10-15(19)17-12-5-7-13(8-6-12)23(3,20)21/h5-8,11H,4,9-10H2,1-3H3,(H2,16,18)(H,17,19). The SMILES string of the molecule is CC(C)CC/C(N)=N/OCC(=O)Nc1ccc(S(C)(=O)=O)cc1. The maximum atomic E-state index is 11.7. The first-order chi connectivity index (χ1) is 10.7. The van der Waals surface area contributed by atoms with Crippen LogP contribution in [-0.4, -0.2) is 33.0 Å². The molecule has 0 fully saturated rings. The van der Waals surface area contributed by atoms with Crippen molar-refractivity contribution in [2.24, 2.45) is 16.8 Å². The fraction of sp³-hybridized carbons (Fsp3) is 0.467. The number of nitrogens with two attached hydrogens (primary N) is 1. The quantitative estimate of drug-likeness (QED) is 0.425. The minimum atomic E-state index is -3.25. The van der Waals surface area contributed by atoms with Gasteiger partial charge in [-0.2, -0.15) is 0 Å². The predicted octanol–water partition coefficient (Wildman–Crippen LogP) is 1.75. The molecule has 1 rings (SSSR count). The van der Waals surface area contributed by atoms with E-state index in [4.69, 9.17) is 10.6 Å². The molecule has 23 heavy (non-hydrogen) atoms. The molecule has 0 aliphatic rings. The molecule has 0 radical (unpaired) electrons. The molecule has 0 atom stereocenters. The Hall–Kier alpha value is -2.09. The number of sulfone groups is 1. The van der Waals surface area contributed by atoms with Crippen molar-refractivity contribution in [2.75, 3.05) is 18.2 Å². The molecule has 0 bridgehead atoms. The number of nitrogens with zero attached hydrogens (tertiary/aromatic N) is 1. The average Bonchev–Trinajstić information content (AvgIpc) is 2.44. The zero-order valence-corrected chi connectivity index (χ0v) is 14.4. The molecular formula is C15H23N3O4S. The van der Waals surface area contributed by atoms with Gasteiger partial charge in [0.05, 0.1) is 4.90 Å². The number of anilines is 1. The van der Waals surface area contributed by atoms with Gasteiger partial charge in [0, 0.05) is 18.4 Å². The van der Waals surface area contributed by atoms with E-state index in [9.17, 15) is 13.2 Å². The van der Waals surface area contributed by atoms with E-state index < -0.39 is 15.7 Å². The molecule has 0 aliphatic carbocycles. The first-order valence-electron chi connectivity index (χ1n) is 7.22. The normalized spacial score (nSPS) is 12.3. The Balaban J connectivity index is 2.44. The maximum absolute atomic E-state index is 11.7. The minimum Gasteiger partial charge on any atom is -0.384 e. The summed E-state index contributed by atoms with van der Waals surface area (Å²) in [6.07, 6.45) is 2.64. The van der Waals surface area contributed by atoms with Gasteiger partial charge in [-0.1, -0.05) is 19.0 Å². The molecule has 7 nitrogen and oxygen atoms in total. The van der Waals surface area contributed by atoms with Gasteiger partial charge in [-0.05, 0) is 36.6 Å². The number of hydrogen-bond donors (Lipinski definition) is 2. The van der Waals surface area contributed by atoms with Gasteiger partial charge in [0.1, 0.15) is 5.84 Å². The molecule has 3 N–H and O–H groups in total. The lowest BCUT2D eigenvalue weighted by Gasteiger charge is -2.06. The molecule has 8 heteroatoms. The maximum Gasteiger partial charge on any atom is 0.265 e. The molecule has 128 valence electrons. The highest BCUT2D eigenvalue weighted by atomic mass is 32.2. The third kappa shape index (κ3) is 7.64. The third-order valence-electron chi connectivity index (χ3n) is 2.92. The Bertz CT molecular complexity index is 652. The van der Waals surface area contributed by atoms with Crippen LogP contribution in [0.1, 0.15) is 26.7 Å². The van der Waals surface area contributed by atoms with Gasteiger partial charge in [-0.25, -0.2) is 8.42 Å². The number of carbonyl (C=O) groups is 1. The van der Waals surface area contributed by atoms with Gasteiger partial charge >= 0.3 is 0 Å². The number of carbonyl (C=O) groups excluding carboxylic acids is 1. The minimum absolute atomic E-state index is 0.189. The van der Waals surface area contributed by atoms with E-state index >= 15 is 0 Å². The van der Waals surface area contributed by atoms with Crippen LogP contribution in [0.25, 0.3) is 0 Å². The first-order valence-corrected chi connectivity index (χ1v) is 9.12. The summed E-state index contributed by atoms with van der Waals surface area (Å²) in [5.41, 5.74) is 6.13. The Labute approximate surface area is 136 Å². The van der Waals surface area contributed by atoms with Crippen LogP contribution in [0.2, 0.25) is 0 Å². The second kappa shape index (κ2) is 8.52. The van der Waals surface area contributed by atoms with Crippen molar-refractivity contribution in [3.8, 4) is 0 Å². The summed E-state index contributed by atoms with van der Waals surface area (Å²) >= 11 is 0. The van der Waals surface area contributed by atoms with Crippen LogP contribution in [0.4, 0.5) is 5.69 Å². The molecule has 0 aliphatic heterocycles. The van der Waals surface area contributed by atoms with Crippen LogP contribution >= 0.6 is 0 Å². The van der Waals surface area contributed by atoms with Crippen LogP contribution < -0.4 is 11.1 Å². The zero-order chi connectivity index (χ0) is 17.5. The monoisotopic (exact) mass is 341 g/mol. The van der Waals surface area contributed by atoms with E-state index in [2.05, 4.69) is 24.3 Å². The molecule has 0 saturated heterocycles. The van der Waals surface area contributed by atoms with E-state index in [1.165, 1.54) is 24.3 Å². The van der Waals surface area contributed by atoms with Crippen molar-refractivity contribution in [2.45, 2.75) is 31.6 Å². The number of amides is 1. The van der Waals surface area contributed by atoms with Gasteiger partial charge in [-0.15, -0.1) is 0 Å². The van der Waals surface area contributed by atoms with Crippen molar-refractivity contribution in [3.63, 3.8) is 0 Å². The van der Waals surface area contributed by atoms with Gasteiger partial charge in [-0.3, -0.25) is 4.79 Å². The van der Waals surface area contributed by atoms with Crippen LogP contribution in [-0.2, 0) is 19.5 Å². The molecular weight excluding hydrogens is 318 g/mol. The Kier molecular flexibility index (Phi) is 7.02. The summed E-state index contributed by atoms with van der Waals surface area (Å²) in [7, 11) is -3.25. The number of benzene rings is 1. The van der Waals surface area contributed by atoms with Crippen LogP contribution in [0.3, 0.4) is 0 Å². The van der Waals surface area contributed by atoms with Crippen molar-refractivity contribution in [1.82, 2.24) is 0 Å². The average molecular weight is 341 g/mol. The summed E-state index contributed by atoms with van der Waals surface area (Å²) in [5, 5.41) is 6.25. The fourth-order valence-electron chi connectivity index (χ4n) is 1.64. The first kappa shape index (κ1) is 19.0. The van der Waals surface area contributed by atoms with Gasteiger partial charge in [0.2, 0.25) is 0 Å². The lowest BCUT2D eigenvalue weighted by atomic mass is 10.1. The molecule has 1 aromatic carbocycles. The van der Waals surface area contributed by atoms with E-state index in [0.29, 0.717) is 23.9 Å². The summed E-state index contributed by atoms with van der Waals surface area (Å²) in [4.78, 5) is 16.8. The van der Waals surface area contributed by atoms with Crippen molar-refractivity contribution in [3.05, 3.63) is 24.3 Å². The summed E-state index contributed by atoms with van der Waals surface area (Å²) in [6, 6.07) is 5.87. The largest absolute Gasteiger partial charge is 0.384 e. The van der Waals surface area contributed by atoms with E-state index in [1.54, 1.807) is 0 Å². The Morgan fingerprint density at radius 2 is 1.91 bits per heavy atom. The summed E-state index contributed by atoms with van der Waals surface area (Å²) in [5.74, 6) is 0.462. The lowest BCUT2D eigenvalue weighted by molar-refractivity contribution is -0.120. The second-order valence-corrected chi connectivity index (χ2v) is 7.65. The number of nitrogens with one attached hydrogen (secondary N) is 1. The predicted molar refractivity (Wildman–Crippen MR) is 89.8 cm³/mol. The Morgan fingerprint density at radius 3 is 2.43 bits per heavy atom. The highest BCUT2D eigenvalue weighted by Gasteiger charge is 2.08. The summed E-state index contributed by atoms with van der Waals surface area (Å²) in [6.45, 7) is 3.89.